The maximum absolute atomic E-state index is 10.5. The minimum Gasteiger partial charge on any atom is -0.366 e. The molecule has 0 radical (unpaired) electrons. The van der Waals surface area contributed by atoms with Crippen molar-refractivity contribution in [3.05, 3.63) is 28.4 Å². The lowest BCUT2D eigenvalue weighted by Crippen LogP contribution is -2.46. The molecule has 0 atom stereocenters. The zero-order valence-electron chi connectivity index (χ0n) is 10.6. The molecule has 1 aromatic heterocycles. The highest BCUT2D eigenvalue weighted by atomic mass is 16.6. The highest BCUT2D eigenvalue weighted by molar-refractivity contribution is 5.46. The van der Waals surface area contributed by atoms with Crippen molar-refractivity contribution in [1.82, 2.24) is 9.88 Å². The number of nitro groups is 1. The summed E-state index contributed by atoms with van der Waals surface area (Å²) in [5, 5.41) is 10.5. The van der Waals surface area contributed by atoms with Gasteiger partial charge in [0, 0.05) is 32.2 Å². The molecule has 6 nitrogen and oxygen atoms in total. The maximum Gasteiger partial charge on any atom is 0.363 e. The fraction of sp³-hybridized carbons (Fsp3) is 0.583. The Kier molecular flexibility index (Phi) is 4.09. The molecular formula is C12H18N4O2. The van der Waals surface area contributed by atoms with E-state index in [1.54, 1.807) is 12.3 Å². The molecule has 0 N–H and O–H groups in total. The van der Waals surface area contributed by atoms with Crippen LogP contribution in [0.1, 0.15) is 13.3 Å². The van der Waals surface area contributed by atoms with E-state index < -0.39 is 4.92 Å². The van der Waals surface area contributed by atoms with E-state index in [0.717, 1.165) is 38.4 Å². The number of anilines is 1. The third-order valence-corrected chi connectivity index (χ3v) is 3.20. The van der Waals surface area contributed by atoms with E-state index in [9.17, 15) is 10.1 Å². The van der Waals surface area contributed by atoms with Gasteiger partial charge in [0.1, 0.15) is 0 Å². The number of nitrogens with zero attached hydrogens (tertiary/aromatic N) is 4. The van der Waals surface area contributed by atoms with Crippen LogP contribution in [0.25, 0.3) is 0 Å². The molecule has 0 spiro atoms. The normalized spacial score (nSPS) is 16.8. The van der Waals surface area contributed by atoms with Crippen LogP contribution in [-0.2, 0) is 0 Å². The first-order chi connectivity index (χ1) is 8.70. The third kappa shape index (κ3) is 2.95. The molecule has 0 bridgehead atoms. The molecule has 2 heterocycles. The summed E-state index contributed by atoms with van der Waals surface area (Å²) in [5.74, 6) is -0.0941. The summed E-state index contributed by atoms with van der Waals surface area (Å²) in [5.41, 5.74) is 0.969. The van der Waals surface area contributed by atoms with Gasteiger partial charge < -0.3 is 15.0 Å². The maximum atomic E-state index is 10.5. The number of rotatable bonds is 4. The van der Waals surface area contributed by atoms with Gasteiger partial charge in [0.2, 0.25) is 0 Å². The SMILES string of the molecule is CCCN1CCN(c2ccc([N+](=O)[O-])nc2)CC1. The van der Waals surface area contributed by atoms with Crippen LogP contribution >= 0.6 is 0 Å². The van der Waals surface area contributed by atoms with Crippen molar-refractivity contribution in [3.8, 4) is 0 Å². The quantitative estimate of drug-likeness (QED) is 0.599. The van der Waals surface area contributed by atoms with Gasteiger partial charge in [-0.1, -0.05) is 6.92 Å². The van der Waals surface area contributed by atoms with Crippen molar-refractivity contribution in [2.75, 3.05) is 37.6 Å². The summed E-state index contributed by atoms with van der Waals surface area (Å²) < 4.78 is 0. The lowest BCUT2D eigenvalue weighted by molar-refractivity contribution is -0.389. The van der Waals surface area contributed by atoms with E-state index in [0.29, 0.717) is 0 Å². The second-order valence-electron chi connectivity index (χ2n) is 4.46. The van der Waals surface area contributed by atoms with Gasteiger partial charge in [-0.3, -0.25) is 4.90 Å². The van der Waals surface area contributed by atoms with Crippen molar-refractivity contribution in [3.63, 3.8) is 0 Å². The number of hydrogen-bond donors (Lipinski definition) is 0. The van der Waals surface area contributed by atoms with Crippen LogP contribution in [0.5, 0.6) is 0 Å². The van der Waals surface area contributed by atoms with Crippen LogP contribution in [0.3, 0.4) is 0 Å². The van der Waals surface area contributed by atoms with Crippen LogP contribution in [0.4, 0.5) is 11.5 Å². The molecule has 98 valence electrons. The highest BCUT2D eigenvalue weighted by Gasteiger charge is 2.18. The summed E-state index contributed by atoms with van der Waals surface area (Å²) in [4.78, 5) is 18.6. The molecule has 0 amide bonds. The van der Waals surface area contributed by atoms with Crippen LogP contribution in [0.2, 0.25) is 0 Å². The topological polar surface area (TPSA) is 62.5 Å². The zero-order chi connectivity index (χ0) is 13.0. The molecule has 6 heteroatoms. The Balaban J connectivity index is 1.95. The Hall–Kier alpha value is -1.69. The molecule has 1 aliphatic rings. The molecule has 0 saturated carbocycles. The van der Waals surface area contributed by atoms with Gasteiger partial charge in [-0.05, 0) is 28.9 Å². The predicted octanol–water partition coefficient (Wildman–Crippen LogP) is 1.52. The van der Waals surface area contributed by atoms with Crippen LogP contribution < -0.4 is 4.90 Å². The first-order valence-electron chi connectivity index (χ1n) is 6.28. The molecule has 0 aliphatic carbocycles. The lowest BCUT2D eigenvalue weighted by Gasteiger charge is -2.35. The second kappa shape index (κ2) is 5.77. The molecule has 1 aromatic rings. The predicted molar refractivity (Wildman–Crippen MR) is 69.8 cm³/mol. The van der Waals surface area contributed by atoms with Crippen molar-refractivity contribution in [2.24, 2.45) is 0 Å². The first-order valence-corrected chi connectivity index (χ1v) is 6.28. The van der Waals surface area contributed by atoms with Gasteiger partial charge in [-0.2, -0.15) is 0 Å². The second-order valence-corrected chi connectivity index (χ2v) is 4.46. The molecule has 2 rings (SSSR count). The van der Waals surface area contributed by atoms with Gasteiger partial charge >= 0.3 is 5.82 Å². The van der Waals surface area contributed by atoms with Crippen molar-refractivity contribution in [2.45, 2.75) is 13.3 Å². The lowest BCUT2D eigenvalue weighted by atomic mass is 10.2. The Morgan fingerprint density at radius 3 is 2.56 bits per heavy atom. The van der Waals surface area contributed by atoms with Crippen molar-refractivity contribution in [1.29, 1.82) is 0 Å². The Morgan fingerprint density at radius 2 is 2.06 bits per heavy atom. The monoisotopic (exact) mass is 250 g/mol. The molecule has 18 heavy (non-hydrogen) atoms. The standard InChI is InChI=1S/C12H18N4O2/c1-2-5-14-6-8-15(9-7-14)11-3-4-12(13-10-11)16(17)18/h3-4,10H,2,5-9H2,1H3. The first kappa shape index (κ1) is 12.8. The van der Waals surface area contributed by atoms with E-state index >= 15 is 0 Å². The van der Waals surface area contributed by atoms with Gasteiger partial charge in [-0.15, -0.1) is 0 Å². The van der Waals surface area contributed by atoms with E-state index in [1.165, 1.54) is 12.5 Å². The number of piperazine rings is 1. The average molecular weight is 250 g/mol. The van der Waals surface area contributed by atoms with Crippen molar-refractivity contribution >= 4 is 11.5 Å². The summed E-state index contributed by atoms with van der Waals surface area (Å²) in [7, 11) is 0. The number of aromatic nitrogens is 1. The largest absolute Gasteiger partial charge is 0.366 e. The summed E-state index contributed by atoms with van der Waals surface area (Å²) in [6.07, 6.45) is 2.77. The van der Waals surface area contributed by atoms with Crippen molar-refractivity contribution < 1.29 is 4.92 Å². The molecular weight excluding hydrogens is 232 g/mol. The molecule has 1 saturated heterocycles. The molecule has 1 aliphatic heterocycles. The minimum atomic E-state index is -0.469. The number of hydrogen-bond acceptors (Lipinski definition) is 5. The van der Waals surface area contributed by atoms with E-state index in [-0.39, 0.29) is 5.82 Å². The third-order valence-electron chi connectivity index (χ3n) is 3.20. The fourth-order valence-corrected chi connectivity index (χ4v) is 2.22. The minimum absolute atomic E-state index is 0.0941. The smallest absolute Gasteiger partial charge is 0.363 e. The summed E-state index contributed by atoms with van der Waals surface area (Å²) in [6.45, 7) is 7.34. The van der Waals surface area contributed by atoms with Gasteiger partial charge in [-0.25, -0.2) is 0 Å². The average Bonchev–Trinajstić information content (AvgIpc) is 2.40. The highest BCUT2D eigenvalue weighted by Crippen LogP contribution is 2.17. The Labute approximate surface area is 106 Å². The van der Waals surface area contributed by atoms with Crippen LogP contribution in [-0.4, -0.2) is 47.5 Å². The molecule has 0 aromatic carbocycles. The Morgan fingerprint density at radius 1 is 1.33 bits per heavy atom. The van der Waals surface area contributed by atoms with Gasteiger partial charge in [0.25, 0.3) is 0 Å². The van der Waals surface area contributed by atoms with E-state index in [4.69, 9.17) is 0 Å². The van der Waals surface area contributed by atoms with E-state index in [2.05, 4.69) is 21.7 Å². The zero-order valence-corrected chi connectivity index (χ0v) is 10.6. The molecule has 1 fully saturated rings. The van der Waals surface area contributed by atoms with Crippen LogP contribution in [0, 0.1) is 10.1 Å². The van der Waals surface area contributed by atoms with Crippen LogP contribution in [0.15, 0.2) is 18.3 Å². The summed E-state index contributed by atoms with van der Waals surface area (Å²) in [6, 6.07) is 3.24. The van der Waals surface area contributed by atoms with E-state index in [1.807, 2.05) is 0 Å². The molecule has 0 unspecified atom stereocenters. The van der Waals surface area contributed by atoms with Gasteiger partial charge in [0.15, 0.2) is 6.20 Å². The fourth-order valence-electron chi connectivity index (χ4n) is 2.22. The Bertz CT molecular complexity index is 399. The van der Waals surface area contributed by atoms with Gasteiger partial charge in [0.05, 0.1) is 5.69 Å². The number of pyridine rings is 1. The summed E-state index contributed by atoms with van der Waals surface area (Å²) >= 11 is 0.